The van der Waals surface area contributed by atoms with Crippen LogP contribution in [0.1, 0.15) is 12.8 Å². The number of rotatable bonds is 5. The second kappa shape index (κ2) is 6.87. The first-order valence-electron chi connectivity index (χ1n) is 8.50. The minimum atomic E-state index is -0.471. The van der Waals surface area contributed by atoms with Crippen molar-refractivity contribution >= 4 is 27.9 Å². The van der Waals surface area contributed by atoms with Gasteiger partial charge in [-0.1, -0.05) is 11.3 Å². The first kappa shape index (κ1) is 16.7. The maximum atomic E-state index is 11.5. The van der Waals surface area contributed by atoms with Crippen LogP contribution < -0.4 is 4.90 Å². The first-order chi connectivity index (χ1) is 12.1. The van der Waals surface area contributed by atoms with Crippen LogP contribution in [-0.2, 0) is 4.74 Å². The van der Waals surface area contributed by atoms with Crippen molar-refractivity contribution in [1.29, 1.82) is 0 Å². The molecule has 0 aliphatic carbocycles. The fourth-order valence-corrected chi connectivity index (χ4v) is 4.28. The Bertz CT molecular complexity index is 748. The van der Waals surface area contributed by atoms with Gasteiger partial charge in [0.25, 0.3) is 4.96 Å². The Kier molecular flexibility index (Phi) is 4.59. The topological polar surface area (TPSA) is 96.4 Å². The third-order valence-corrected chi connectivity index (χ3v) is 5.66. The molecule has 25 heavy (non-hydrogen) atoms. The van der Waals surface area contributed by atoms with Gasteiger partial charge >= 0.3 is 5.82 Å². The zero-order valence-electron chi connectivity index (χ0n) is 13.8. The summed E-state index contributed by atoms with van der Waals surface area (Å²) in [6.07, 6.45) is 3.08. The highest BCUT2D eigenvalue weighted by molar-refractivity contribution is 7.15. The van der Waals surface area contributed by atoms with E-state index in [0.717, 1.165) is 32.5 Å². The summed E-state index contributed by atoms with van der Waals surface area (Å²) < 4.78 is 7.08. The molecule has 2 atom stereocenters. The third kappa shape index (κ3) is 3.22. The molecule has 2 fully saturated rings. The molecule has 2 aromatic rings. The van der Waals surface area contributed by atoms with E-state index in [1.165, 1.54) is 15.7 Å². The molecule has 2 aliphatic rings. The van der Waals surface area contributed by atoms with E-state index in [0.29, 0.717) is 30.4 Å². The summed E-state index contributed by atoms with van der Waals surface area (Å²) in [6.45, 7) is 4.11. The van der Waals surface area contributed by atoms with Gasteiger partial charge in [-0.15, -0.1) is 0 Å². The average molecular weight is 367 g/mol. The van der Waals surface area contributed by atoms with Crippen LogP contribution in [0.2, 0.25) is 0 Å². The lowest BCUT2D eigenvalue weighted by molar-refractivity contribution is -0.389. The van der Waals surface area contributed by atoms with E-state index < -0.39 is 6.10 Å². The van der Waals surface area contributed by atoms with Gasteiger partial charge < -0.3 is 24.9 Å². The molecule has 0 radical (unpaired) electrons. The lowest BCUT2D eigenvalue weighted by atomic mass is 10.1. The van der Waals surface area contributed by atoms with E-state index in [2.05, 4.69) is 9.88 Å². The molecule has 136 valence electrons. The standard InChI is InChI=1S/C15H21N5O4S/c21-11(12-2-1-8-24-12)10-17-3-5-18(6-4-17)13-14(20(22)23)19-7-9-25-15(19)16-13/h7,9,11-12,21H,1-6,8,10H2/t11-,12+/m1/s1. The van der Waals surface area contributed by atoms with Crippen molar-refractivity contribution in [3.63, 3.8) is 0 Å². The summed E-state index contributed by atoms with van der Waals surface area (Å²) in [4.78, 5) is 20.3. The number of hydrogen-bond acceptors (Lipinski definition) is 8. The maximum Gasteiger partial charge on any atom is 0.373 e. The van der Waals surface area contributed by atoms with Gasteiger partial charge in [0.2, 0.25) is 5.82 Å². The van der Waals surface area contributed by atoms with Crippen molar-refractivity contribution in [1.82, 2.24) is 14.3 Å². The molecule has 0 aromatic carbocycles. The van der Waals surface area contributed by atoms with E-state index in [1.807, 2.05) is 4.90 Å². The van der Waals surface area contributed by atoms with Crippen LogP contribution in [0, 0.1) is 10.1 Å². The molecule has 4 rings (SSSR count). The third-order valence-electron chi connectivity index (χ3n) is 4.90. The van der Waals surface area contributed by atoms with Gasteiger partial charge in [0.15, 0.2) is 0 Å². The number of imidazole rings is 1. The highest BCUT2D eigenvalue weighted by Gasteiger charge is 2.31. The summed E-state index contributed by atoms with van der Waals surface area (Å²) in [7, 11) is 0. The molecule has 4 heterocycles. The highest BCUT2D eigenvalue weighted by Crippen LogP contribution is 2.31. The largest absolute Gasteiger partial charge is 0.389 e. The second-order valence-corrected chi connectivity index (χ2v) is 7.35. The zero-order chi connectivity index (χ0) is 17.4. The van der Waals surface area contributed by atoms with Crippen LogP contribution in [0.15, 0.2) is 11.6 Å². The SMILES string of the molecule is O=[N+]([O-])c1c(N2CCN(C[C@@H](O)[C@@H]3CCCO3)CC2)nc2sccn12. The number of nitro groups is 1. The van der Waals surface area contributed by atoms with Crippen LogP contribution in [0.4, 0.5) is 11.6 Å². The summed E-state index contributed by atoms with van der Waals surface area (Å²) in [5.41, 5.74) is 0. The molecular weight excluding hydrogens is 346 g/mol. The van der Waals surface area contributed by atoms with Crippen molar-refractivity contribution in [2.45, 2.75) is 25.0 Å². The van der Waals surface area contributed by atoms with E-state index in [4.69, 9.17) is 4.74 Å². The molecule has 2 aliphatic heterocycles. The molecule has 0 amide bonds. The Hall–Kier alpha value is -1.75. The minimum Gasteiger partial charge on any atom is -0.389 e. The Morgan fingerprint density at radius 3 is 2.92 bits per heavy atom. The van der Waals surface area contributed by atoms with Crippen LogP contribution in [-0.4, -0.2) is 75.9 Å². The Balaban J connectivity index is 1.41. The van der Waals surface area contributed by atoms with Crippen molar-refractivity contribution in [2.75, 3.05) is 44.2 Å². The summed E-state index contributed by atoms with van der Waals surface area (Å²) >= 11 is 1.39. The molecule has 0 bridgehead atoms. The van der Waals surface area contributed by atoms with Gasteiger partial charge in [-0.2, -0.15) is 9.38 Å². The number of anilines is 1. The molecule has 10 heteroatoms. The van der Waals surface area contributed by atoms with Crippen LogP contribution in [0.5, 0.6) is 0 Å². The maximum absolute atomic E-state index is 11.5. The van der Waals surface area contributed by atoms with Gasteiger partial charge in [0.05, 0.1) is 12.2 Å². The first-order valence-corrected chi connectivity index (χ1v) is 9.38. The lowest BCUT2D eigenvalue weighted by Gasteiger charge is -2.36. The fraction of sp³-hybridized carbons (Fsp3) is 0.667. The molecule has 0 spiro atoms. The lowest BCUT2D eigenvalue weighted by Crippen LogP contribution is -2.50. The number of aliphatic hydroxyl groups excluding tert-OH is 1. The van der Waals surface area contributed by atoms with E-state index >= 15 is 0 Å². The number of piperazine rings is 1. The minimum absolute atomic E-state index is 0.0316. The molecule has 9 nitrogen and oxygen atoms in total. The average Bonchev–Trinajstić information content (AvgIpc) is 3.31. The van der Waals surface area contributed by atoms with Gasteiger partial charge in [0, 0.05) is 44.7 Å². The summed E-state index contributed by atoms with van der Waals surface area (Å²) in [6, 6.07) is 0. The Morgan fingerprint density at radius 2 is 2.24 bits per heavy atom. The summed E-state index contributed by atoms with van der Waals surface area (Å²) in [5, 5.41) is 23.5. The Morgan fingerprint density at radius 1 is 1.44 bits per heavy atom. The number of β-amino-alcohol motifs (C(OH)–C–C–N with tert-alkyl or cyclic N) is 1. The van der Waals surface area contributed by atoms with E-state index in [1.54, 1.807) is 11.6 Å². The smallest absolute Gasteiger partial charge is 0.373 e. The van der Waals surface area contributed by atoms with Crippen molar-refractivity contribution < 1.29 is 14.8 Å². The van der Waals surface area contributed by atoms with Crippen LogP contribution in [0.25, 0.3) is 4.96 Å². The highest BCUT2D eigenvalue weighted by atomic mass is 32.1. The van der Waals surface area contributed by atoms with Gasteiger partial charge in [-0.3, -0.25) is 4.90 Å². The van der Waals surface area contributed by atoms with Gasteiger partial charge in [-0.25, -0.2) is 0 Å². The number of nitrogens with zero attached hydrogens (tertiary/aromatic N) is 5. The normalized spacial score (nSPS) is 23.4. The Labute approximate surface area is 148 Å². The predicted molar refractivity (Wildman–Crippen MR) is 93.4 cm³/mol. The van der Waals surface area contributed by atoms with Crippen molar-refractivity contribution in [2.24, 2.45) is 0 Å². The molecule has 2 saturated heterocycles. The summed E-state index contributed by atoms with van der Waals surface area (Å²) in [5.74, 6) is 0.472. The van der Waals surface area contributed by atoms with Crippen molar-refractivity contribution in [3.8, 4) is 0 Å². The number of hydrogen-bond donors (Lipinski definition) is 1. The monoisotopic (exact) mass is 367 g/mol. The van der Waals surface area contributed by atoms with Gasteiger partial charge in [0.1, 0.15) is 6.20 Å². The molecule has 1 N–H and O–H groups in total. The number of aliphatic hydroxyl groups is 1. The molecule has 2 aromatic heterocycles. The fourth-order valence-electron chi connectivity index (χ4n) is 3.57. The number of fused-ring (bicyclic) bond motifs is 1. The van der Waals surface area contributed by atoms with Crippen LogP contribution >= 0.6 is 11.3 Å². The quantitative estimate of drug-likeness (QED) is 0.621. The number of thiazole rings is 1. The number of ether oxygens (including phenoxy) is 1. The van der Waals surface area contributed by atoms with Gasteiger partial charge in [-0.05, 0) is 17.8 Å². The molecular formula is C15H21N5O4S. The molecule has 0 saturated carbocycles. The van der Waals surface area contributed by atoms with Crippen LogP contribution in [0.3, 0.4) is 0 Å². The zero-order valence-corrected chi connectivity index (χ0v) is 14.6. The van der Waals surface area contributed by atoms with Crippen molar-refractivity contribution in [3.05, 3.63) is 21.7 Å². The second-order valence-electron chi connectivity index (χ2n) is 6.48. The van der Waals surface area contributed by atoms with E-state index in [-0.39, 0.29) is 16.8 Å². The predicted octanol–water partition coefficient (Wildman–Crippen LogP) is 0.966. The van der Waals surface area contributed by atoms with E-state index in [9.17, 15) is 15.2 Å². The number of aromatic nitrogens is 2. The molecule has 0 unspecified atom stereocenters.